The summed E-state index contributed by atoms with van der Waals surface area (Å²) in [6.07, 6.45) is 4.34. The van der Waals surface area contributed by atoms with E-state index in [9.17, 15) is 8.42 Å². The first-order valence-corrected chi connectivity index (χ1v) is 9.11. The molecule has 4 nitrogen and oxygen atoms in total. The van der Waals surface area contributed by atoms with E-state index in [4.69, 9.17) is 4.74 Å². The Morgan fingerprint density at radius 1 is 1.21 bits per heavy atom. The number of sulfone groups is 1. The molecule has 1 heterocycles. The lowest BCUT2D eigenvalue weighted by atomic mass is 9.94. The second-order valence-corrected chi connectivity index (χ2v) is 9.81. The van der Waals surface area contributed by atoms with E-state index < -0.39 is 9.84 Å². The topological polar surface area (TPSA) is 55.4 Å². The third kappa shape index (κ3) is 3.92. The largest absolute Gasteiger partial charge is 0.368 e. The third-order valence-electron chi connectivity index (χ3n) is 4.32. The summed E-state index contributed by atoms with van der Waals surface area (Å²) in [6.45, 7) is 9.22. The molecule has 112 valence electrons. The molecule has 0 radical (unpaired) electrons. The molecule has 1 saturated heterocycles. The highest BCUT2D eigenvalue weighted by Gasteiger charge is 2.49. The summed E-state index contributed by atoms with van der Waals surface area (Å²) in [6, 6.07) is 0.291. The maximum Gasteiger partial charge on any atom is 0.148 e. The Morgan fingerprint density at radius 2 is 1.79 bits per heavy atom. The maximum atomic E-state index is 11.5. The van der Waals surface area contributed by atoms with Gasteiger partial charge in [-0.3, -0.25) is 0 Å². The van der Waals surface area contributed by atoms with E-state index in [2.05, 4.69) is 33.0 Å². The standard InChI is InChI=1S/C14H27NO3S/c1-12(2)8-11(13(3,4)18-12)15-9-14(6-7-14)10-19(5,16)17/h11,15H,6-10H2,1-5H3/t11-/m0/s1. The van der Waals surface area contributed by atoms with Crippen molar-refractivity contribution in [1.29, 1.82) is 0 Å². The van der Waals surface area contributed by atoms with Gasteiger partial charge in [-0.25, -0.2) is 8.42 Å². The molecule has 2 aliphatic rings. The molecule has 0 aromatic rings. The second-order valence-electron chi connectivity index (χ2n) is 7.67. The molecule has 2 rings (SSSR count). The number of nitrogens with one attached hydrogen (secondary N) is 1. The minimum absolute atomic E-state index is 0.0175. The molecular weight excluding hydrogens is 262 g/mol. The van der Waals surface area contributed by atoms with Gasteiger partial charge in [0, 0.05) is 18.8 Å². The molecule has 0 amide bonds. The lowest BCUT2D eigenvalue weighted by Crippen LogP contribution is -2.46. The minimum atomic E-state index is -2.89. The first kappa shape index (κ1) is 15.3. The van der Waals surface area contributed by atoms with Crippen LogP contribution in [0, 0.1) is 5.41 Å². The molecular formula is C14H27NO3S. The molecule has 0 aromatic carbocycles. The molecule has 0 bridgehead atoms. The maximum absolute atomic E-state index is 11.5. The Morgan fingerprint density at radius 3 is 2.16 bits per heavy atom. The Kier molecular flexibility index (Phi) is 3.56. The van der Waals surface area contributed by atoms with Crippen molar-refractivity contribution in [2.75, 3.05) is 18.6 Å². The molecule has 0 unspecified atom stereocenters. The van der Waals surface area contributed by atoms with E-state index in [1.807, 2.05) is 0 Å². The highest BCUT2D eigenvalue weighted by Crippen LogP contribution is 2.47. The van der Waals surface area contributed by atoms with Gasteiger partial charge in [0.25, 0.3) is 0 Å². The van der Waals surface area contributed by atoms with Crippen molar-refractivity contribution in [3.63, 3.8) is 0 Å². The van der Waals surface area contributed by atoms with E-state index in [0.29, 0.717) is 11.8 Å². The zero-order valence-electron chi connectivity index (χ0n) is 12.7. The van der Waals surface area contributed by atoms with Crippen molar-refractivity contribution in [2.24, 2.45) is 5.41 Å². The molecule has 1 N–H and O–H groups in total. The van der Waals surface area contributed by atoms with Gasteiger partial charge in [0.15, 0.2) is 0 Å². The van der Waals surface area contributed by atoms with Gasteiger partial charge in [0.05, 0.1) is 17.0 Å². The van der Waals surface area contributed by atoms with Crippen LogP contribution in [0.25, 0.3) is 0 Å². The van der Waals surface area contributed by atoms with E-state index in [0.717, 1.165) is 25.8 Å². The average Bonchev–Trinajstić information content (AvgIpc) is 2.82. The van der Waals surface area contributed by atoms with E-state index >= 15 is 0 Å². The molecule has 1 aliphatic carbocycles. The summed E-state index contributed by atoms with van der Waals surface area (Å²) < 4.78 is 29.0. The number of hydrogen-bond donors (Lipinski definition) is 1. The molecule has 1 saturated carbocycles. The minimum Gasteiger partial charge on any atom is -0.368 e. The van der Waals surface area contributed by atoms with Crippen LogP contribution in [-0.4, -0.2) is 44.2 Å². The quantitative estimate of drug-likeness (QED) is 0.838. The fraction of sp³-hybridized carbons (Fsp3) is 1.00. The van der Waals surface area contributed by atoms with Crippen molar-refractivity contribution in [3.8, 4) is 0 Å². The van der Waals surface area contributed by atoms with Gasteiger partial charge in [-0.05, 0) is 52.4 Å². The van der Waals surface area contributed by atoms with Crippen molar-refractivity contribution >= 4 is 9.84 Å². The van der Waals surface area contributed by atoms with Crippen LogP contribution in [0.3, 0.4) is 0 Å². The summed E-state index contributed by atoms with van der Waals surface area (Å²) in [5, 5.41) is 3.56. The van der Waals surface area contributed by atoms with Crippen LogP contribution in [0.2, 0.25) is 0 Å². The molecule has 0 aromatic heterocycles. The fourth-order valence-electron chi connectivity index (χ4n) is 3.33. The first-order valence-electron chi connectivity index (χ1n) is 7.05. The van der Waals surface area contributed by atoms with Crippen molar-refractivity contribution < 1.29 is 13.2 Å². The van der Waals surface area contributed by atoms with E-state index in [-0.39, 0.29) is 16.6 Å². The molecule has 2 fully saturated rings. The zero-order valence-corrected chi connectivity index (χ0v) is 13.6. The predicted octanol–water partition coefficient (Wildman–Crippen LogP) is 1.75. The summed E-state index contributed by atoms with van der Waals surface area (Å²) in [5.74, 6) is 0.310. The predicted molar refractivity (Wildman–Crippen MR) is 77.0 cm³/mol. The lowest BCUT2D eigenvalue weighted by Gasteiger charge is -2.29. The fourth-order valence-corrected chi connectivity index (χ4v) is 4.83. The Bertz CT molecular complexity index is 449. The number of ether oxygens (including phenoxy) is 1. The SMILES string of the molecule is CC1(C)C[C@H](NCC2(CS(C)(=O)=O)CC2)C(C)(C)O1. The molecule has 19 heavy (non-hydrogen) atoms. The van der Waals surface area contributed by atoms with Gasteiger partial charge in [0.2, 0.25) is 0 Å². The summed E-state index contributed by atoms with van der Waals surface area (Å²) in [4.78, 5) is 0. The van der Waals surface area contributed by atoms with Crippen LogP contribution in [0.5, 0.6) is 0 Å². The monoisotopic (exact) mass is 289 g/mol. The van der Waals surface area contributed by atoms with Crippen LogP contribution in [0.4, 0.5) is 0 Å². The zero-order chi connectivity index (χ0) is 14.5. The van der Waals surface area contributed by atoms with Crippen LogP contribution >= 0.6 is 0 Å². The Hall–Kier alpha value is -0.130. The average molecular weight is 289 g/mol. The lowest BCUT2D eigenvalue weighted by molar-refractivity contribution is -0.0699. The van der Waals surface area contributed by atoms with Crippen LogP contribution < -0.4 is 5.32 Å². The number of rotatable bonds is 5. The second kappa shape index (κ2) is 4.43. The van der Waals surface area contributed by atoms with E-state index in [1.165, 1.54) is 6.26 Å². The highest BCUT2D eigenvalue weighted by molar-refractivity contribution is 7.90. The van der Waals surface area contributed by atoms with Gasteiger partial charge in [-0.1, -0.05) is 0 Å². The molecule has 0 spiro atoms. The van der Waals surface area contributed by atoms with Crippen LogP contribution in [0.15, 0.2) is 0 Å². The van der Waals surface area contributed by atoms with Crippen molar-refractivity contribution in [1.82, 2.24) is 5.32 Å². The van der Waals surface area contributed by atoms with Crippen molar-refractivity contribution in [2.45, 2.75) is 64.2 Å². The van der Waals surface area contributed by atoms with E-state index in [1.54, 1.807) is 0 Å². The van der Waals surface area contributed by atoms with Crippen LogP contribution in [-0.2, 0) is 14.6 Å². The molecule has 1 atom stereocenters. The molecule has 5 heteroatoms. The number of hydrogen-bond acceptors (Lipinski definition) is 4. The van der Waals surface area contributed by atoms with Gasteiger partial charge in [0.1, 0.15) is 9.84 Å². The van der Waals surface area contributed by atoms with Crippen LogP contribution in [0.1, 0.15) is 47.0 Å². The normalized spacial score (nSPS) is 31.3. The third-order valence-corrected chi connectivity index (χ3v) is 5.46. The van der Waals surface area contributed by atoms with Gasteiger partial charge in [-0.15, -0.1) is 0 Å². The van der Waals surface area contributed by atoms with Crippen molar-refractivity contribution in [3.05, 3.63) is 0 Å². The summed E-state index contributed by atoms with van der Waals surface area (Å²) in [7, 11) is -2.89. The molecule has 1 aliphatic heterocycles. The van der Waals surface area contributed by atoms with Gasteiger partial charge < -0.3 is 10.1 Å². The first-order chi connectivity index (χ1) is 8.43. The van der Waals surface area contributed by atoms with Gasteiger partial charge >= 0.3 is 0 Å². The Labute approximate surface area is 117 Å². The highest BCUT2D eigenvalue weighted by atomic mass is 32.2. The smallest absolute Gasteiger partial charge is 0.148 e. The van der Waals surface area contributed by atoms with Gasteiger partial charge in [-0.2, -0.15) is 0 Å². The summed E-state index contributed by atoms with van der Waals surface area (Å²) in [5.41, 5.74) is -0.310. The summed E-state index contributed by atoms with van der Waals surface area (Å²) >= 11 is 0. The Balaban J connectivity index is 1.93.